The highest BCUT2D eigenvalue weighted by atomic mass is 35.5. The third kappa shape index (κ3) is 6.36. The highest BCUT2D eigenvalue weighted by molar-refractivity contribution is 6.34. The van der Waals surface area contributed by atoms with Crippen molar-refractivity contribution in [3.8, 4) is 16.9 Å². The molecule has 0 aromatic heterocycles. The van der Waals surface area contributed by atoms with E-state index in [-0.39, 0.29) is 36.5 Å². The molecule has 8 nitrogen and oxygen atoms in total. The minimum atomic E-state index is -0.300. The maximum absolute atomic E-state index is 12.9. The van der Waals surface area contributed by atoms with Gasteiger partial charge >= 0.3 is 0 Å². The summed E-state index contributed by atoms with van der Waals surface area (Å²) in [6.07, 6.45) is 0.722. The number of carbonyl (C=O) groups is 1. The summed E-state index contributed by atoms with van der Waals surface area (Å²) in [5, 5.41) is 25.1. The highest BCUT2D eigenvalue weighted by Crippen LogP contribution is 2.43. The van der Waals surface area contributed by atoms with Crippen LogP contribution in [0.5, 0.6) is 5.75 Å². The molecule has 0 bridgehead atoms. The molecule has 0 saturated carbocycles. The Morgan fingerprint density at radius 3 is 2.31 bits per heavy atom. The molecule has 1 amide bonds. The lowest BCUT2D eigenvalue weighted by molar-refractivity contribution is -0.120. The Morgan fingerprint density at radius 2 is 1.74 bits per heavy atom. The lowest BCUT2D eigenvalue weighted by atomic mass is 9.94. The molecule has 0 aliphatic carbocycles. The van der Waals surface area contributed by atoms with Crippen LogP contribution in [0, 0.1) is 5.41 Å². The average molecular weight is 495 g/mol. The van der Waals surface area contributed by atoms with E-state index < -0.39 is 0 Å². The van der Waals surface area contributed by atoms with Crippen molar-refractivity contribution >= 4 is 40.4 Å². The number of nitrogen functional groups attached to an aromatic ring is 3. The average Bonchev–Trinajstić information content (AvgIpc) is 2.80. The van der Waals surface area contributed by atoms with Gasteiger partial charge in [0.2, 0.25) is 5.91 Å². The van der Waals surface area contributed by atoms with E-state index in [1.54, 1.807) is 48.5 Å². The maximum atomic E-state index is 12.9. The molecule has 35 heavy (non-hydrogen) atoms. The van der Waals surface area contributed by atoms with Crippen LogP contribution >= 0.6 is 11.6 Å². The molecule has 0 saturated heterocycles. The van der Waals surface area contributed by atoms with E-state index in [4.69, 9.17) is 34.2 Å². The van der Waals surface area contributed by atoms with Crippen molar-refractivity contribution in [3.05, 3.63) is 70.2 Å². The molecule has 0 aliphatic rings. The monoisotopic (exact) mass is 494 g/mol. The first-order valence-electron chi connectivity index (χ1n) is 11.3. The SMILES string of the molecule is CCC(C)Nc1cc(Cl)c(-c2cc(N)cc(N)c2)c(CC(=O)NCc2ccc(C(=N)N)cc2)c1O. The number of halogens is 1. The zero-order valence-electron chi connectivity index (χ0n) is 19.8. The molecule has 3 aromatic carbocycles. The van der Waals surface area contributed by atoms with Crippen molar-refractivity contribution in [2.45, 2.75) is 39.3 Å². The smallest absolute Gasteiger partial charge is 0.224 e. The number of amidine groups is 1. The van der Waals surface area contributed by atoms with Crippen LogP contribution in [0.1, 0.15) is 37.0 Å². The first-order valence-corrected chi connectivity index (χ1v) is 11.6. The summed E-state index contributed by atoms with van der Waals surface area (Å²) in [7, 11) is 0. The first-order chi connectivity index (χ1) is 16.6. The van der Waals surface area contributed by atoms with Gasteiger partial charge in [-0.05, 0) is 48.7 Å². The second-order valence-corrected chi connectivity index (χ2v) is 8.92. The second-order valence-electron chi connectivity index (χ2n) is 8.51. The number of rotatable bonds is 9. The van der Waals surface area contributed by atoms with Gasteiger partial charge in [-0.25, -0.2) is 0 Å². The minimum absolute atomic E-state index is 0.0199. The quantitative estimate of drug-likeness (QED) is 0.102. The number of phenolic OH excluding ortho intramolecular Hbond substituents is 1. The third-order valence-corrected chi connectivity index (χ3v) is 6.02. The number of phenols is 1. The Bertz CT molecular complexity index is 1220. The molecule has 0 radical (unpaired) electrons. The van der Waals surface area contributed by atoms with Crippen LogP contribution in [-0.2, 0) is 17.8 Å². The number of aromatic hydroxyl groups is 1. The molecule has 0 fully saturated rings. The molecule has 1 atom stereocenters. The van der Waals surface area contributed by atoms with Crippen LogP contribution in [0.3, 0.4) is 0 Å². The minimum Gasteiger partial charge on any atom is -0.505 e. The largest absolute Gasteiger partial charge is 0.505 e. The topological polar surface area (TPSA) is 163 Å². The normalized spacial score (nSPS) is 11.6. The van der Waals surface area contributed by atoms with E-state index in [1.165, 1.54) is 0 Å². The molecule has 184 valence electrons. The molecule has 10 N–H and O–H groups in total. The number of anilines is 3. The lowest BCUT2D eigenvalue weighted by Crippen LogP contribution is -2.25. The lowest BCUT2D eigenvalue weighted by Gasteiger charge is -2.21. The van der Waals surface area contributed by atoms with E-state index in [9.17, 15) is 9.90 Å². The van der Waals surface area contributed by atoms with Gasteiger partial charge in [0.1, 0.15) is 11.6 Å². The Hall–Kier alpha value is -3.91. The fourth-order valence-corrected chi connectivity index (χ4v) is 4.03. The Morgan fingerprint density at radius 1 is 1.11 bits per heavy atom. The molecule has 1 unspecified atom stereocenters. The third-order valence-electron chi connectivity index (χ3n) is 5.73. The van der Waals surface area contributed by atoms with Crippen molar-refractivity contribution in [2.24, 2.45) is 5.73 Å². The van der Waals surface area contributed by atoms with Crippen LogP contribution < -0.4 is 27.8 Å². The maximum Gasteiger partial charge on any atom is 0.224 e. The molecular formula is C26H31ClN6O2. The van der Waals surface area contributed by atoms with Crippen molar-refractivity contribution in [2.75, 3.05) is 16.8 Å². The number of amides is 1. The predicted molar refractivity (Wildman–Crippen MR) is 144 cm³/mol. The zero-order chi connectivity index (χ0) is 25.7. The molecular weight excluding hydrogens is 464 g/mol. The number of hydrogen-bond donors (Lipinski definition) is 7. The van der Waals surface area contributed by atoms with Gasteiger partial charge in [0.25, 0.3) is 0 Å². The van der Waals surface area contributed by atoms with E-state index in [0.29, 0.717) is 44.3 Å². The van der Waals surface area contributed by atoms with Gasteiger partial charge in [-0.15, -0.1) is 0 Å². The summed E-state index contributed by atoms with van der Waals surface area (Å²) in [4.78, 5) is 12.9. The Balaban J connectivity index is 1.94. The highest BCUT2D eigenvalue weighted by Gasteiger charge is 2.22. The van der Waals surface area contributed by atoms with Crippen LogP contribution in [0.25, 0.3) is 11.1 Å². The molecule has 0 aliphatic heterocycles. The number of nitrogens with two attached hydrogens (primary N) is 3. The number of benzene rings is 3. The Kier molecular flexibility index (Phi) is 8.09. The number of nitrogens with one attached hydrogen (secondary N) is 3. The van der Waals surface area contributed by atoms with Crippen LogP contribution in [0.15, 0.2) is 48.5 Å². The van der Waals surface area contributed by atoms with Crippen molar-refractivity contribution < 1.29 is 9.90 Å². The van der Waals surface area contributed by atoms with Gasteiger partial charge in [-0.2, -0.15) is 0 Å². The van der Waals surface area contributed by atoms with Gasteiger partial charge in [0.15, 0.2) is 0 Å². The molecule has 9 heteroatoms. The zero-order valence-corrected chi connectivity index (χ0v) is 20.5. The summed E-state index contributed by atoms with van der Waals surface area (Å²) in [6, 6.07) is 13.8. The van der Waals surface area contributed by atoms with Gasteiger partial charge in [0, 0.05) is 40.7 Å². The summed E-state index contributed by atoms with van der Waals surface area (Å²) in [6.45, 7) is 4.29. The van der Waals surface area contributed by atoms with Crippen LogP contribution in [-0.4, -0.2) is 22.9 Å². The molecule has 3 aromatic rings. The summed E-state index contributed by atoms with van der Waals surface area (Å²) in [5.41, 5.74) is 21.8. The molecule has 0 heterocycles. The second kappa shape index (κ2) is 11.0. The number of carbonyl (C=O) groups excluding carboxylic acids is 1. The fraction of sp³-hybridized carbons (Fsp3) is 0.231. The van der Waals surface area contributed by atoms with E-state index >= 15 is 0 Å². The van der Waals surface area contributed by atoms with Gasteiger partial charge in [0.05, 0.1) is 17.1 Å². The van der Waals surface area contributed by atoms with E-state index in [1.807, 2.05) is 13.8 Å². The van der Waals surface area contributed by atoms with E-state index in [2.05, 4.69) is 10.6 Å². The van der Waals surface area contributed by atoms with Gasteiger partial charge < -0.3 is 32.9 Å². The first kappa shape index (κ1) is 25.7. The van der Waals surface area contributed by atoms with E-state index in [0.717, 1.165) is 12.0 Å². The van der Waals surface area contributed by atoms with Gasteiger partial charge in [-0.1, -0.05) is 42.8 Å². The summed E-state index contributed by atoms with van der Waals surface area (Å²) in [5.74, 6) is -0.369. The fourth-order valence-electron chi connectivity index (χ4n) is 3.70. The Labute approximate surface area is 210 Å². The summed E-state index contributed by atoms with van der Waals surface area (Å²) >= 11 is 6.68. The number of hydrogen-bond acceptors (Lipinski definition) is 6. The molecule has 0 spiro atoms. The van der Waals surface area contributed by atoms with Crippen molar-refractivity contribution in [1.82, 2.24) is 5.32 Å². The van der Waals surface area contributed by atoms with Gasteiger partial charge in [-0.3, -0.25) is 10.2 Å². The van der Waals surface area contributed by atoms with Crippen LogP contribution in [0.4, 0.5) is 17.1 Å². The van der Waals surface area contributed by atoms with Crippen molar-refractivity contribution in [1.29, 1.82) is 5.41 Å². The molecule has 3 rings (SSSR count). The predicted octanol–water partition coefficient (Wildman–Crippen LogP) is 4.23. The van der Waals surface area contributed by atoms with Crippen LogP contribution in [0.2, 0.25) is 5.02 Å². The standard InChI is InChI=1S/C26H31ClN6O2/c1-3-14(2)33-22-12-21(27)24(17-8-18(28)10-19(29)9-17)20(25(22)35)11-23(34)32-13-15-4-6-16(7-5-15)26(30)31/h4-10,12,14,33,35H,3,11,13,28-29H2,1-2H3,(H3,30,31)(H,32,34). The van der Waals surface area contributed by atoms with Crippen molar-refractivity contribution in [3.63, 3.8) is 0 Å². The summed E-state index contributed by atoms with van der Waals surface area (Å²) < 4.78 is 0.